The van der Waals surface area contributed by atoms with E-state index in [-0.39, 0.29) is 11.8 Å². The molecule has 0 unspecified atom stereocenters. The Morgan fingerprint density at radius 1 is 0.935 bits per heavy atom. The molecule has 2 fully saturated rings. The van der Waals surface area contributed by atoms with Crippen LogP contribution in [0.5, 0.6) is 11.5 Å². The van der Waals surface area contributed by atoms with Crippen molar-refractivity contribution < 1.29 is 19.1 Å². The molecule has 5 rings (SSSR count). The number of fused-ring (bicyclic) bond motifs is 1. The maximum atomic E-state index is 12.4. The lowest BCUT2D eigenvalue weighted by molar-refractivity contribution is -0.111. The van der Waals surface area contributed by atoms with E-state index in [9.17, 15) is 9.59 Å². The molecule has 2 amide bonds. The topological polar surface area (TPSA) is 76.7 Å². The van der Waals surface area contributed by atoms with Gasteiger partial charge in [0.1, 0.15) is 0 Å². The number of anilines is 1. The smallest absolute Gasteiger partial charge is 0.251 e. The standard InChI is InChI=1S/C25H26N2O4/c28-23(13-6-17-4-7-18(8-5-17)24(29)27-19-9-10-19)26-20-11-12-21-22(16-20)31-25(30-21)14-2-1-3-15-25/h4-8,11-13,16,19H,1-3,9-10,14-15H2,(H,26,28)(H,27,29)/b13-6+. The predicted molar refractivity (Wildman–Crippen MR) is 118 cm³/mol. The molecule has 2 aliphatic carbocycles. The zero-order valence-corrected chi connectivity index (χ0v) is 17.4. The second-order valence-electron chi connectivity index (χ2n) is 8.53. The van der Waals surface area contributed by atoms with Crippen LogP contribution in [-0.4, -0.2) is 23.6 Å². The first-order chi connectivity index (χ1) is 15.1. The summed E-state index contributed by atoms with van der Waals surface area (Å²) in [6, 6.07) is 13.0. The molecule has 2 saturated carbocycles. The van der Waals surface area contributed by atoms with Gasteiger partial charge in [-0.3, -0.25) is 9.59 Å². The van der Waals surface area contributed by atoms with Crippen molar-refractivity contribution in [3.63, 3.8) is 0 Å². The lowest BCUT2D eigenvalue weighted by Crippen LogP contribution is -2.40. The van der Waals surface area contributed by atoms with Crippen LogP contribution < -0.4 is 20.1 Å². The molecular weight excluding hydrogens is 392 g/mol. The zero-order chi connectivity index (χ0) is 21.3. The van der Waals surface area contributed by atoms with Crippen molar-refractivity contribution in [1.82, 2.24) is 5.32 Å². The maximum absolute atomic E-state index is 12.4. The highest BCUT2D eigenvalue weighted by Crippen LogP contribution is 2.46. The van der Waals surface area contributed by atoms with E-state index in [1.807, 2.05) is 30.3 Å². The van der Waals surface area contributed by atoms with Crippen LogP contribution in [0.2, 0.25) is 0 Å². The largest absolute Gasteiger partial charge is 0.448 e. The van der Waals surface area contributed by atoms with Gasteiger partial charge in [0.25, 0.3) is 11.7 Å². The lowest BCUT2D eigenvalue weighted by atomic mass is 9.94. The Bertz CT molecular complexity index is 1020. The van der Waals surface area contributed by atoms with Crippen LogP contribution in [0.4, 0.5) is 5.69 Å². The Hall–Kier alpha value is -3.28. The highest BCUT2D eigenvalue weighted by atomic mass is 16.7. The highest BCUT2D eigenvalue weighted by Gasteiger charge is 2.42. The number of nitrogens with one attached hydrogen (secondary N) is 2. The predicted octanol–water partition coefficient (Wildman–Crippen LogP) is 4.66. The number of carbonyl (C=O) groups excluding carboxylic acids is 2. The number of amides is 2. The third kappa shape index (κ3) is 4.58. The number of benzene rings is 2. The molecule has 0 atom stereocenters. The molecule has 0 bridgehead atoms. The summed E-state index contributed by atoms with van der Waals surface area (Å²) >= 11 is 0. The van der Waals surface area contributed by atoms with Gasteiger partial charge in [-0.2, -0.15) is 0 Å². The summed E-state index contributed by atoms with van der Waals surface area (Å²) in [6.07, 6.45) is 10.5. The molecule has 2 N–H and O–H groups in total. The van der Waals surface area contributed by atoms with Crippen LogP contribution in [0, 0.1) is 0 Å². The average molecular weight is 418 g/mol. The minimum Gasteiger partial charge on any atom is -0.448 e. The van der Waals surface area contributed by atoms with Gasteiger partial charge in [0.2, 0.25) is 5.91 Å². The van der Waals surface area contributed by atoms with Crippen molar-refractivity contribution in [3.05, 3.63) is 59.7 Å². The molecule has 1 heterocycles. The summed E-state index contributed by atoms with van der Waals surface area (Å²) in [6.45, 7) is 0. The zero-order valence-electron chi connectivity index (χ0n) is 17.4. The number of rotatable bonds is 5. The van der Waals surface area contributed by atoms with Crippen molar-refractivity contribution in [3.8, 4) is 11.5 Å². The van der Waals surface area contributed by atoms with Crippen LogP contribution >= 0.6 is 0 Å². The van der Waals surface area contributed by atoms with Gasteiger partial charge in [-0.05, 0) is 61.6 Å². The van der Waals surface area contributed by atoms with Crippen LogP contribution in [0.1, 0.15) is 60.9 Å². The van der Waals surface area contributed by atoms with Gasteiger partial charge in [-0.25, -0.2) is 0 Å². The minimum absolute atomic E-state index is 0.0476. The summed E-state index contributed by atoms with van der Waals surface area (Å²) in [5.74, 6) is 0.616. The van der Waals surface area contributed by atoms with Crippen molar-refractivity contribution in [2.75, 3.05) is 5.32 Å². The highest BCUT2D eigenvalue weighted by molar-refractivity contribution is 6.02. The summed E-state index contributed by atoms with van der Waals surface area (Å²) in [4.78, 5) is 24.4. The Morgan fingerprint density at radius 3 is 2.42 bits per heavy atom. The van der Waals surface area contributed by atoms with Crippen molar-refractivity contribution >= 4 is 23.6 Å². The monoisotopic (exact) mass is 418 g/mol. The Balaban J connectivity index is 1.18. The Morgan fingerprint density at radius 2 is 1.68 bits per heavy atom. The van der Waals surface area contributed by atoms with E-state index < -0.39 is 5.79 Å². The van der Waals surface area contributed by atoms with E-state index in [0.29, 0.717) is 23.0 Å². The van der Waals surface area contributed by atoms with Gasteiger partial charge in [0.15, 0.2) is 11.5 Å². The van der Waals surface area contributed by atoms with Crippen molar-refractivity contribution in [2.45, 2.75) is 56.8 Å². The number of ether oxygens (including phenoxy) is 2. The number of hydrogen-bond acceptors (Lipinski definition) is 4. The van der Waals surface area contributed by atoms with Crippen LogP contribution in [-0.2, 0) is 4.79 Å². The van der Waals surface area contributed by atoms with Gasteiger partial charge >= 0.3 is 0 Å². The Labute approximate surface area is 181 Å². The van der Waals surface area contributed by atoms with Crippen LogP contribution in [0.15, 0.2) is 48.5 Å². The molecule has 1 spiro atoms. The molecule has 6 heteroatoms. The molecule has 2 aromatic rings. The van der Waals surface area contributed by atoms with Gasteiger partial charge < -0.3 is 20.1 Å². The van der Waals surface area contributed by atoms with Crippen molar-refractivity contribution in [2.24, 2.45) is 0 Å². The lowest BCUT2D eigenvalue weighted by Gasteiger charge is -2.31. The fourth-order valence-electron chi connectivity index (χ4n) is 4.06. The van der Waals surface area contributed by atoms with E-state index in [1.54, 1.807) is 18.2 Å². The van der Waals surface area contributed by atoms with E-state index in [1.165, 1.54) is 12.5 Å². The summed E-state index contributed by atoms with van der Waals surface area (Å²) in [7, 11) is 0. The molecule has 0 radical (unpaired) electrons. The molecule has 31 heavy (non-hydrogen) atoms. The third-order valence-electron chi connectivity index (χ3n) is 5.93. The van der Waals surface area contributed by atoms with Crippen molar-refractivity contribution in [1.29, 1.82) is 0 Å². The van der Waals surface area contributed by atoms with E-state index >= 15 is 0 Å². The van der Waals surface area contributed by atoms with Gasteiger partial charge in [0.05, 0.1) is 0 Å². The average Bonchev–Trinajstić information content (AvgIpc) is 3.52. The molecule has 0 saturated heterocycles. The molecule has 6 nitrogen and oxygen atoms in total. The fourth-order valence-corrected chi connectivity index (χ4v) is 4.06. The first kappa shape index (κ1) is 19.7. The normalized spacial score (nSPS) is 18.8. The Kier molecular flexibility index (Phi) is 5.14. The summed E-state index contributed by atoms with van der Waals surface area (Å²) < 4.78 is 12.2. The number of carbonyl (C=O) groups is 2. The summed E-state index contributed by atoms with van der Waals surface area (Å²) in [5.41, 5.74) is 2.14. The van der Waals surface area contributed by atoms with E-state index in [2.05, 4.69) is 10.6 Å². The second kappa shape index (κ2) is 8.10. The van der Waals surface area contributed by atoms with E-state index in [4.69, 9.17) is 9.47 Å². The first-order valence-corrected chi connectivity index (χ1v) is 11.0. The van der Waals surface area contributed by atoms with Crippen LogP contribution in [0.25, 0.3) is 6.08 Å². The first-order valence-electron chi connectivity index (χ1n) is 11.0. The fraction of sp³-hybridized carbons (Fsp3) is 0.360. The maximum Gasteiger partial charge on any atom is 0.251 e. The van der Waals surface area contributed by atoms with Gasteiger partial charge in [0, 0.05) is 42.3 Å². The number of hydrogen-bond donors (Lipinski definition) is 2. The molecule has 0 aromatic heterocycles. The molecule has 2 aromatic carbocycles. The molecule has 3 aliphatic rings. The second-order valence-corrected chi connectivity index (χ2v) is 8.53. The minimum atomic E-state index is -0.523. The SMILES string of the molecule is O=C(/C=C/c1ccc(C(=O)NC2CC2)cc1)Nc1ccc2c(c1)OC1(CCCCC1)O2. The third-order valence-corrected chi connectivity index (χ3v) is 5.93. The van der Waals surface area contributed by atoms with Gasteiger partial charge in [-0.15, -0.1) is 0 Å². The summed E-state index contributed by atoms with van der Waals surface area (Å²) in [5, 5.41) is 5.83. The van der Waals surface area contributed by atoms with Crippen LogP contribution in [0.3, 0.4) is 0 Å². The molecule has 1 aliphatic heterocycles. The quantitative estimate of drug-likeness (QED) is 0.693. The van der Waals surface area contributed by atoms with Gasteiger partial charge in [-0.1, -0.05) is 18.6 Å². The molecular formula is C25H26N2O4. The van der Waals surface area contributed by atoms with E-state index in [0.717, 1.165) is 49.8 Å². The molecule has 160 valence electrons.